The van der Waals surface area contributed by atoms with E-state index in [0.29, 0.717) is 6.04 Å². The molecule has 19 heavy (non-hydrogen) atoms. The van der Waals surface area contributed by atoms with Crippen molar-refractivity contribution >= 4 is 0 Å². The first-order valence-corrected chi connectivity index (χ1v) is 7.27. The van der Waals surface area contributed by atoms with Crippen LogP contribution in [0.3, 0.4) is 0 Å². The van der Waals surface area contributed by atoms with Gasteiger partial charge in [0.25, 0.3) is 0 Å². The maximum atomic E-state index is 6.23. The quantitative estimate of drug-likeness (QED) is 0.884. The fourth-order valence-electron chi connectivity index (χ4n) is 2.83. The predicted molar refractivity (Wildman–Crippen MR) is 77.9 cm³/mol. The van der Waals surface area contributed by atoms with Gasteiger partial charge in [-0.25, -0.2) is 0 Å². The number of rotatable bonds is 5. The molecule has 1 saturated carbocycles. The first-order valence-electron chi connectivity index (χ1n) is 7.27. The Balaban J connectivity index is 2.09. The summed E-state index contributed by atoms with van der Waals surface area (Å²) in [6.07, 6.45) is 3.81. The third kappa shape index (κ3) is 3.63. The number of benzene rings is 1. The first kappa shape index (κ1) is 14.2. The minimum Gasteiger partial charge on any atom is -0.493 e. The lowest BCUT2D eigenvalue weighted by Gasteiger charge is -2.35. The zero-order chi connectivity index (χ0) is 13.7. The van der Waals surface area contributed by atoms with Crippen molar-refractivity contribution in [2.45, 2.75) is 45.3 Å². The molecule has 1 aliphatic rings. The molecule has 3 nitrogen and oxygen atoms in total. The molecule has 0 radical (unpaired) electrons. The van der Waals surface area contributed by atoms with Crippen LogP contribution < -0.4 is 14.8 Å². The van der Waals surface area contributed by atoms with E-state index in [1.165, 1.54) is 12.8 Å². The number of hydrogen-bond acceptors (Lipinski definition) is 3. The molecule has 1 fully saturated rings. The molecule has 1 aliphatic carbocycles. The number of para-hydroxylation sites is 2. The lowest BCUT2D eigenvalue weighted by molar-refractivity contribution is 0.0887. The summed E-state index contributed by atoms with van der Waals surface area (Å²) in [5.41, 5.74) is 0. The molecule has 1 aromatic carbocycles. The summed E-state index contributed by atoms with van der Waals surface area (Å²) in [7, 11) is 1.69. The summed E-state index contributed by atoms with van der Waals surface area (Å²) in [6, 6.07) is 8.35. The van der Waals surface area contributed by atoms with Crippen molar-refractivity contribution in [3.63, 3.8) is 0 Å². The highest BCUT2D eigenvalue weighted by atomic mass is 16.5. The van der Waals surface area contributed by atoms with Crippen LogP contribution in [-0.2, 0) is 0 Å². The number of ether oxygens (including phenoxy) is 2. The van der Waals surface area contributed by atoms with E-state index < -0.39 is 0 Å². The molecule has 0 amide bonds. The smallest absolute Gasteiger partial charge is 0.161 e. The van der Waals surface area contributed by atoms with Gasteiger partial charge in [-0.3, -0.25) is 0 Å². The summed E-state index contributed by atoms with van der Waals surface area (Å²) in [4.78, 5) is 0. The van der Waals surface area contributed by atoms with Crippen molar-refractivity contribution in [2.75, 3.05) is 13.7 Å². The van der Waals surface area contributed by atoms with Crippen LogP contribution in [0.4, 0.5) is 0 Å². The Morgan fingerprint density at radius 1 is 1.21 bits per heavy atom. The lowest BCUT2D eigenvalue weighted by atomic mass is 9.85. The molecule has 2 rings (SSSR count). The second-order valence-corrected chi connectivity index (χ2v) is 5.39. The van der Waals surface area contributed by atoms with Gasteiger partial charge >= 0.3 is 0 Å². The van der Waals surface area contributed by atoms with Crippen LogP contribution in [0.5, 0.6) is 11.5 Å². The molecule has 3 heteroatoms. The van der Waals surface area contributed by atoms with Gasteiger partial charge in [-0.05, 0) is 43.9 Å². The Labute approximate surface area is 116 Å². The van der Waals surface area contributed by atoms with E-state index in [0.717, 1.165) is 30.4 Å². The Hall–Kier alpha value is -1.22. The summed E-state index contributed by atoms with van der Waals surface area (Å²) in [5, 5.41) is 3.55. The highest BCUT2D eigenvalue weighted by molar-refractivity contribution is 5.39. The van der Waals surface area contributed by atoms with E-state index in [1.807, 2.05) is 24.3 Å². The standard InChI is InChI=1S/C16H25NO2/c1-4-17-13-10-9-12(2)11-16(13)19-15-8-6-5-7-14(15)18-3/h5-8,12-13,16-17H,4,9-11H2,1-3H3. The molecular weight excluding hydrogens is 238 g/mol. The average molecular weight is 263 g/mol. The number of nitrogens with one attached hydrogen (secondary N) is 1. The van der Waals surface area contributed by atoms with Crippen molar-refractivity contribution in [2.24, 2.45) is 5.92 Å². The van der Waals surface area contributed by atoms with Crippen LogP contribution in [0.1, 0.15) is 33.1 Å². The normalized spacial score (nSPS) is 27.0. The Kier molecular flexibility index (Phi) is 5.08. The van der Waals surface area contributed by atoms with E-state index in [4.69, 9.17) is 9.47 Å². The van der Waals surface area contributed by atoms with Gasteiger partial charge in [0.15, 0.2) is 11.5 Å². The molecule has 0 saturated heterocycles. The highest BCUT2D eigenvalue weighted by Gasteiger charge is 2.30. The highest BCUT2D eigenvalue weighted by Crippen LogP contribution is 2.32. The molecule has 0 spiro atoms. The zero-order valence-corrected chi connectivity index (χ0v) is 12.2. The molecule has 3 atom stereocenters. The maximum absolute atomic E-state index is 6.23. The molecule has 3 unspecified atom stereocenters. The van der Waals surface area contributed by atoms with Crippen LogP contribution in [-0.4, -0.2) is 25.8 Å². The van der Waals surface area contributed by atoms with Gasteiger partial charge in [-0.15, -0.1) is 0 Å². The van der Waals surface area contributed by atoms with Crippen LogP contribution in [0.25, 0.3) is 0 Å². The van der Waals surface area contributed by atoms with Crippen molar-refractivity contribution in [1.29, 1.82) is 0 Å². The largest absolute Gasteiger partial charge is 0.493 e. The van der Waals surface area contributed by atoms with Crippen molar-refractivity contribution in [3.05, 3.63) is 24.3 Å². The fourth-order valence-corrected chi connectivity index (χ4v) is 2.83. The van der Waals surface area contributed by atoms with Gasteiger partial charge < -0.3 is 14.8 Å². The third-order valence-corrected chi connectivity index (χ3v) is 3.87. The topological polar surface area (TPSA) is 30.5 Å². The molecule has 1 aromatic rings. The summed E-state index contributed by atoms with van der Waals surface area (Å²) < 4.78 is 11.6. The van der Waals surface area contributed by atoms with Gasteiger partial charge in [0.2, 0.25) is 0 Å². The maximum Gasteiger partial charge on any atom is 0.161 e. The van der Waals surface area contributed by atoms with Crippen LogP contribution >= 0.6 is 0 Å². The second-order valence-electron chi connectivity index (χ2n) is 5.39. The number of methoxy groups -OCH3 is 1. The van der Waals surface area contributed by atoms with Gasteiger partial charge in [-0.2, -0.15) is 0 Å². The van der Waals surface area contributed by atoms with E-state index in [2.05, 4.69) is 19.2 Å². The van der Waals surface area contributed by atoms with Crippen LogP contribution in [0.2, 0.25) is 0 Å². The van der Waals surface area contributed by atoms with E-state index >= 15 is 0 Å². The molecular formula is C16H25NO2. The second kappa shape index (κ2) is 6.80. The lowest BCUT2D eigenvalue weighted by Crippen LogP contribution is -2.46. The summed E-state index contributed by atoms with van der Waals surface area (Å²) in [5.74, 6) is 2.40. The molecule has 0 bridgehead atoms. The minimum absolute atomic E-state index is 0.236. The SMILES string of the molecule is CCNC1CCC(C)CC1Oc1ccccc1OC. The van der Waals surface area contributed by atoms with E-state index in [-0.39, 0.29) is 6.10 Å². The molecule has 0 heterocycles. The minimum atomic E-state index is 0.236. The monoisotopic (exact) mass is 263 g/mol. The van der Waals surface area contributed by atoms with Crippen molar-refractivity contribution in [3.8, 4) is 11.5 Å². The van der Waals surface area contributed by atoms with Crippen molar-refractivity contribution < 1.29 is 9.47 Å². The summed E-state index contributed by atoms with van der Waals surface area (Å²) in [6.45, 7) is 5.45. The zero-order valence-electron chi connectivity index (χ0n) is 12.2. The van der Waals surface area contributed by atoms with Gasteiger partial charge in [0.1, 0.15) is 6.10 Å². The Bertz CT molecular complexity index is 394. The van der Waals surface area contributed by atoms with E-state index in [1.54, 1.807) is 7.11 Å². The number of likely N-dealkylation sites (N-methyl/N-ethyl adjacent to an activating group) is 1. The van der Waals surface area contributed by atoms with Gasteiger partial charge in [-0.1, -0.05) is 26.0 Å². The molecule has 0 aliphatic heterocycles. The van der Waals surface area contributed by atoms with E-state index in [9.17, 15) is 0 Å². The summed E-state index contributed by atoms with van der Waals surface area (Å²) >= 11 is 0. The average Bonchev–Trinajstić information content (AvgIpc) is 2.42. The Morgan fingerprint density at radius 3 is 2.63 bits per heavy atom. The van der Waals surface area contributed by atoms with Crippen LogP contribution in [0, 0.1) is 5.92 Å². The van der Waals surface area contributed by atoms with Crippen molar-refractivity contribution in [1.82, 2.24) is 5.32 Å². The predicted octanol–water partition coefficient (Wildman–Crippen LogP) is 3.24. The van der Waals surface area contributed by atoms with Gasteiger partial charge in [0.05, 0.1) is 7.11 Å². The van der Waals surface area contributed by atoms with Crippen LogP contribution in [0.15, 0.2) is 24.3 Å². The molecule has 1 N–H and O–H groups in total. The first-order chi connectivity index (χ1) is 9.24. The van der Waals surface area contributed by atoms with Gasteiger partial charge in [0, 0.05) is 6.04 Å². The Morgan fingerprint density at radius 2 is 1.95 bits per heavy atom. The fraction of sp³-hybridized carbons (Fsp3) is 0.625. The third-order valence-electron chi connectivity index (χ3n) is 3.87. The number of hydrogen-bond donors (Lipinski definition) is 1. The molecule has 106 valence electrons. The molecule has 0 aromatic heterocycles.